The molecule has 0 bridgehead atoms. The second-order valence-corrected chi connectivity index (χ2v) is 3.51. The molecule has 1 heterocycles. The molecule has 1 atom stereocenters. The largest absolute Gasteiger partial charge is 0.490 e. The molecule has 0 fully saturated rings. The van der Waals surface area contributed by atoms with Gasteiger partial charge in [-0.1, -0.05) is 0 Å². The Bertz CT molecular complexity index is 395. The summed E-state index contributed by atoms with van der Waals surface area (Å²) in [4.78, 5) is 0. The Hall–Kier alpha value is -1.20. The average Bonchev–Trinajstić information content (AvgIpc) is 2.65. The zero-order chi connectivity index (χ0) is 11.0. The Morgan fingerprint density at radius 3 is 2.87 bits per heavy atom. The Labute approximate surface area is 86.0 Å². The Kier molecular flexibility index (Phi) is 2.58. The van der Waals surface area contributed by atoms with Crippen LogP contribution in [0.2, 0.25) is 0 Å². The van der Waals surface area contributed by atoms with Crippen molar-refractivity contribution in [3.63, 3.8) is 0 Å². The Balaban J connectivity index is 2.56. The molecule has 1 aliphatic rings. The summed E-state index contributed by atoms with van der Waals surface area (Å²) in [6.07, 6.45) is 0.529. The number of halogens is 2. The fraction of sp³-hybridized carbons (Fsp3) is 0.400. The van der Waals surface area contributed by atoms with E-state index in [1.165, 1.54) is 6.07 Å². The standard InChI is InChI=1S/C10H12F2N2O/c11-6-3-5-1-2-15-10(5)9(12)8(6)7(14)4-13/h3,7H,1-2,4,13-14H2/t7-/m1/s1. The number of rotatable bonds is 2. The minimum Gasteiger partial charge on any atom is -0.490 e. The second kappa shape index (κ2) is 3.75. The van der Waals surface area contributed by atoms with E-state index in [0.29, 0.717) is 18.6 Å². The molecule has 4 N–H and O–H groups in total. The normalized spacial score (nSPS) is 16.0. The van der Waals surface area contributed by atoms with E-state index in [9.17, 15) is 8.78 Å². The number of fused-ring (bicyclic) bond motifs is 1. The number of benzene rings is 1. The van der Waals surface area contributed by atoms with Gasteiger partial charge in [0, 0.05) is 30.1 Å². The highest BCUT2D eigenvalue weighted by Crippen LogP contribution is 2.34. The van der Waals surface area contributed by atoms with Crippen molar-refractivity contribution in [3.8, 4) is 5.75 Å². The van der Waals surface area contributed by atoms with Crippen molar-refractivity contribution in [2.45, 2.75) is 12.5 Å². The SMILES string of the molecule is NC[C@@H](N)c1c(F)cc2c(c1F)OCC2. The van der Waals surface area contributed by atoms with Gasteiger partial charge in [-0.15, -0.1) is 0 Å². The first-order chi connectivity index (χ1) is 7.15. The average molecular weight is 214 g/mol. The minimum absolute atomic E-state index is 0.00731. The molecule has 1 aromatic carbocycles. The highest BCUT2D eigenvalue weighted by atomic mass is 19.1. The lowest BCUT2D eigenvalue weighted by atomic mass is 10.0. The van der Waals surface area contributed by atoms with Gasteiger partial charge in [-0.25, -0.2) is 8.78 Å². The molecule has 0 aromatic heterocycles. The van der Waals surface area contributed by atoms with Gasteiger partial charge in [0.05, 0.1) is 6.61 Å². The van der Waals surface area contributed by atoms with E-state index in [4.69, 9.17) is 16.2 Å². The number of hydrogen-bond donors (Lipinski definition) is 2. The number of ether oxygens (including phenoxy) is 1. The van der Waals surface area contributed by atoms with Gasteiger partial charge in [0.15, 0.2) is 11.6 Å². The summed E-state index contributed by atoms with van der Waals surface area (Å²) in [6, 6.07) is 0.440. The Morgan fingerprint density at radius 1 is 1.47 bits per heavy atom. The van der Waals surface area contributed by atoms with Gasteiger partial charge < -0.3 is 16.2 Å². The number of nitrogens with two attached hydrogens (primary N) is 2. The monoisotopic (exact) mass is 214 g/mol. The molecule has 0 unspecified atom stereocenters. The summed E-state index contributed by atoms with van der Waals surface area (Å²) in [5.41, 5.74) is 11.2. The molecule has 0 aliphatic carbocycles. The van der Waals surface area contributed by atoms with E-state index in [0.717, 1.165) is 0 Å². The lowest BCUT2D eigenvalue weighted by Gasteiger charge is -2.13. The molecule has 0 spiro atoms. The zero-order valence-corrected chi connectivity index (χ0v) is 8.09. The van der Waals surface area contributed by atoms with E-state index in [-0.39, 0.29) is 17.9 Å². The van der Waals surface area contributed by atoms with Crippen molar-refractivity contribution >= 4 is 0 Å². The third-order valence-electron chi connectivity index (χ3n) is 2.53. The van der Waals surface area contributed by atoms with Crippen molar-refractivity contribution < 1.29 is 13.5 Å². The van der Waals surface area contributed by atoms with Crippen LogP contribution >= 0.6 is 0 Å². The molecule has 1 aliphatic heterocycles. The van der Waals surface area contributed by atoms with Gasteiger partial charge in [0.2, 0.25) is 0 Å². The highest BCUT2D eigenvalue weighted by molar-refractivity contribution is 5.43. The Morgan fingerprint density at radius 2 is 2.20 bits per heavy atom. The first kappa shape index (κ1) is 10.3. The van der Waals surface area contributed by atoms with Crippen molar-refractivity contribution in [3.05, 3.63) is 28.8 Å². The highest BCUT2D eigenvalue weighted by Gasteiger charge is 2.25. The van der Waals surface area contributed by atoms with Crippen LogP contribution in [0.3, 0.4) is 0 Å². The summed E-state index contributed by atoms with van der Waals surface area (Å²) < 4.78 is 32.4. The van der Waals surface area contributed by atoms with Crippen molar-refractivity contribution in [2.24, 2.45) is 11.5 Å². The lowest BCUT2D eigenvalue weighted by Crippen LogP contribution is -2.23. The molecule has 82 valence electrons. The summed E-state index contributed by atoms with van der Waals surface area (Å²) in [7, 11) is 0. The maximum absolute atomic E-state index is 13.8. The molecule has 0 saturated heterocycles. The summed E-state index contributed by atoms with van der Waals surface area (Å²) in [5.74, 6) is -1.23. The minimum atomic E-state index is -0.834. The van der Waals surface area contributed by atoms with Gasteiger partial charge in [-0.05, 0) is 6.07 Å². The van der Waals surface area contributed by atoms with Crippen LogP contribution in [0.1, 0.15) is 17.2 Å². The van der Waals surface area contributed by atoms with E-state index in [1.54, 1.807) is 0 Å². The summed E-state index contributed by atoms with van der Waals surface area (Å²) in [6.45, 7) is 0.375. The van der Waals surface area contributed by atoms with Crippen molar-refractivity contribution in [2.75, 3.05) is 13.2 Å². The number of hydrogen-bond acceptors (Lipinski definition) is 3. The predicted octanol–water partition coefficient (Wildman–Crippen LogP) is 0.858. The molecule has 15 heavy (non-hydrogen) atoms. The van der Waals surface area contributed by atoms with Crippen LogP contribution in [0.5, 0.6) is 5.75 Å². The molecule has 0 amide bonds. The van der Waals surface area contributed by atoms with Crippen LogP contribution in [0.4, 0.5) is 8.78 Å². The molecule has 2 rings (SSSR count). The van der Waals surface area contributed by atoms with Gasteiger partial charge in [0.1, 0.15) is 5.82 Å². The van der Waals surface area contributed by atoms with Crippen LogP contribution in [0.25, 0.3) is 0 Å². The quantitative estimate of drug-likeness (QED) is 0.767. The molecule has 0 saturated carbocycles. The fourth-order valence-corrected chi connectivity index (χ4v) is 1.73. The van der Waals surface area contributed by atoms with Crippen LogP contribution in [0.15, 0.2) is 6.07 Å². The molecule has 0 radical (unpaired) electrons. The van der Waals surface area contributed by atoms with Crippen LogP contribution in [0, 0.1) is 11.6 Å². The summed E-state index contributed by atoms with van der Waals surface area (Å²) in [5, 5.41) is 0. The smallest absolute Gasteiger partial charge is 0.173 e. The third kappa shape index (κ3) is 1.57. The third-order valence-corrected chi connectivity index (χ3v) is 2.53. The van der Waals surface area contributed by atoms with Crippen LogP contribution in [-0.4, -0.2) is 13.2 Å². The first-order valence-electron chi connectivity index (χ1n) is 4.74. The van der Waals surface area contributed by atoms with Gasteiger partial charge >= 0.3 is 0 Å². The van der Waals surface area contributed by atoms with Gasteiger partial charge in [0.25, 0.3) is 0 Å². The first-order valence-corrected chi connectivity index (χ1v) is 4.74. The maximum Gasteiger partial charge on any atom is 0.173 e. The summed E-state index contributed by atoms with van der Waals surface area (Å²) >= 11 is 0. The van der Waals surface area contributed by atoms with E-state index >= 15 is 0 Å². The second-order valence-electron chi connectivity index (χ2n) is 3.51. The van der Waals surface area contributed by atoms with Crippen LogP contribution in [-0.2, 0) is 6.42 Å². The molecular weight excluding hydrogens is 202 g/mol. The van der Waals surface area contributed by atoms with Gasteiger partial charge in [-0.3, -0.25) is 0 Å². The van der Waals surface area contributed by atoms with E-state index < -0.39 is 17.7 Å². The fourth-order valence-electron chi connectivity index (χ4n) is 1.73. The lowest BCUT2D eigenvalue weighted by molar-refractivity contribution is 0.335. The molecule has 5 heteroatoms. The molecule has 3 nitrogen and oxygen atoms in total. The van der Waals surface area contributed by atoms with Crippen molar-refractivity contribution in [1.29, 1.82) is 0 Å². The topological polar surface area (TPSA) is 61.3 Å². The molecule has 1 aromatic rings. The van der Waals surface area contributed by atoms with E-state index in [1.807, 2.05) is 0 Å². The van der Waals surface area contributed by atoms with Crippen molar-refractivity contribution in [1.82, 2.24) is 0 Å². The maximum atomic E-state index is 13.8. The molecular formula is C10H12F2N2O. The van der Waals surface area contributed by atoms with E-state index in [2.05, 4.69) is 0 Å². The van der Waals surface area contributed by atoms with Gasteiger partial charge in [-0.2, -0.15) is 0 Å². The van der Waals surface area contributed by atoms with Crippen LogP contribution < -0.4 is 16.2 Å². The zero-order valence-electron chi connectivity index (χ0n) is 8.09. The predicted molar refractivity (Wildman–Crippen MR) is 51.5 cm³/mol.